The number of hydrogen-bond donors (Lipinski definition) is 0. The Hall–Kier alpha value is -8.86. The van der Waals surface area contributed by atoms with Crippen molar-refractivity contribution in [1.82, 2.24) is 0 Å². The lowest BCUT2D eigenvalue weighted by molar-refractivity contribution is 0.739. The molecule has 4 unspecified atom stereocenters. The van der Waals surface area contributed by atoms with Gasteiger partial charge in [-0.2, -0.15) is 0 Å². The zero-order chi connectivity index (χ0) is 45.9. The lowest BCUT2D eigenvalue weighted by Crippen LogP contribution is -2.39. The summed E-state index contributed by atoms with van der Waals surface area (Å²) in [5.41, 5.74) is 14.5. The molecule has 0 saturated carbocycles. The Balaban J connectivity index is 0.903. The van der Waals surface area contributed by atoms with Gasteiger partial charge >= 0.3 is 0 Å². The van der Waals surface area contributed by atoms with Crippen molar-refractivity contribution in [2.75, 3.05) is 9.80 Å². The van der Waals surface area contributed by atoms with Crippen LogP contribution in [0.1, 0.15) is 11.1 Å². The summed E-state index contributed by atoms with van der Waals surface area (Å²) in [5, 5.41) is 10.1. The predicted molar refractivity (Wildman–Crippen MR) is 294 cm³/mol. The third-order valence-corrected chi connectivity index (χ3v) is 15.3. The molecule has 15 rings (SSSR count). The van der Waals surface area contributed by atoms with Crippen molar-refractivity contribution in [3.05, 3.63) is 254 Å². The molecule has 0 saturated heterocycles. The maximum Gasteiger partial charge on any atom is 0.136 e. The molecule has 328 valence electrons. The number of anilines is 2. The van der Waals surface area contributed by atoms with E-state index in [2.05, 4.69) is 253 Å². The molecule has 4 nitrogen and oxygen atoms in total. The highest BCUT2D eigenvalue weighted by atomic mass is 15.3. The van der Waals surface area contributed by atoms with Gasteiger partial charge in [0.05, 0.1) is 24.2 Å². The van der Waals surface area contributed by atoms with Gasteiger partial charge in [-0.25, -0.2) is 0 Å². The van der Waals surface area contributed by atoms with E-state index in [1.807, 2.05) is 0 Å². The SMILES string of the molecule is C1=CC2N=C(c3ccc(-c4cc5c6cc7c(cc6c(-c6ccc(C8=NC9C=CC=CC9N8c8ccccc8)cc6)cc5c5ccccc45)-c4cccc5cccc-7c45)cc3)N(c3ccccc3)C2C=C1. The first-order valence-electron chi connectivity index (χ1n) is 24.5. The Kier molecular flexibility index (Phi) is 8.58. The summed E-state index contributed by atoms with van der Waals surface area (Å²) < 4.78 is 0. The minimum absolute atomic E-state index is 0.0717. The fourth-order valence-corrected chi connectivity index (χ4v) is 12.1. The van der Waals surface area contributed by atoms with Gasteiger partial charge in [0.1, 0.15) is 11.7 Å². The van der Waals surface area contributed by atoms with Gasteiger partial charge in [0.15, 0.2) is 0 Å². The fourth-order valence-electron chi connectivity index (χ4n) is 12.1. The number of allylic oxidation sites excluding steroid dienone is 4. The number of amidine groups is 2. The summed E-state index contributed by atoms with van der Waals surface area (Å²) in [4.78, 5) is 15.4. The Morgan fingerprint density at radius 2 is 0.714 bits per heavy atom. The minimum Gasteiger partial charge on any atom is -0.317 e. The predicted octanol–water partition coefficient (Wildman–Crippen LogP) is 15.5. The van der Waals surface area contributed by atoms with Crippen LogP contribution in [0.3, 0.4) is 0 Å². The Morgan fingerprint density at radius 1 is 0.300 bits per heavy atom. The Labute approximate surface area is 406 Å². The van der Waals surface area contributed by atoms with Crippen LogP contribution >= 0.6 is 0 Å². The number of benzene rings is 10. The van der Waals surface area contributed by atoms with E-state index in [1.54, 1.807) is 0 Å². The summed E-state index contributed by atoms with van der Waals surface area (Å²) in [6, 6.07) is 72.5. The molecule has 0 amide bonds. The molecule has 4 atom stereocenters. The van der Waals surface area contributed by atoms with Crippen LogP contribution in [0.15, 0.2) is 253 Å². The van der Waals surface area contributed by atoms with E-state index in [4.69, 9.17) is 9.98 Å². The molecule has 5 aliphatic rings. The van der Waals surface area contributed by atoms with E-state index < -0.39 is 0 Å². The molecule has 0 radical (unpaired) electrons. The molecule has 0 aromatic heterocycles. The average Bonchev–Trinajstić information content (AvgIpc) is 4.12. The van der Waals surface area contributed by atoms with Crippen LogP contribution in [0.25, 0.3) is 87.6 Å². The molecule has 0 bridgehead atoms. The molecular formula is C66H44N4. The first-order valence-corrected chi connectivity index (χ1v) is 24.5. The summed E-state index contributed by atoms with van der Waals surface area (Å²) in [6.07, 6.45) is 17.5. The zero-order valence-electron chi connectivity index (χ0n) is 38.2. The van der Waals surface area contributed by atoms with Gasteiger partial charge in [0, 0.05) is 22.5 Å². The maximum atomic E-state index is 5.32. The van der Waals surface area contributed by atoms with Gasteiger partial charge in [-0.05, 0) is 136 Å². The van der Waals surface area contributed by atoms with Gasteiger partial charge in [0.2, 0.25) is 0 Å². The van der Waals surface area contributed by atoms with Gasteiger partial charge in [-0.1, -0.05) is 194 Å². The van der Waals surface area contributed by atoms with Crippen molar-refractivity contribution in [3.63, 3.8) is 0 Å². The monoisotopic (exact) mass is 892 g/mol. The third kappa shape index (κ3) is 5.90. The van der Waals surface area contributed by atoms with E-state index in [0.29, 0.717) is 0 Å². The molecular weight excluding hydrogens is 849 g/mol. The fraction of sp³-hybridized carbons (Fsp3) is 0.0606. The van der Waals surface area contributed by atoms with E-state index >= 15 is 0 Å². The van der Waals surface area contributed by atoms with Gasteiger partial charge in [-0.3, -0.25) is 9.98 Å². The van der Waals surface area contributed by atoms with Crippen LogP contribution < -0.4 is 9.80 Å². The second-order valence-corrected chi connectivity index (χ2v) is 19.1. The number of para-hydroxylation sites is 2. The standard InChI is InChI=1S/C66H44N4/c1-3-17-46(18-4-1)69-62-27-11-9-25-60(62)67-65(69)44-33-29-41(30-34-44)52-37-58-54(49-22-8-7-21-48(49)52)38-53(57-39-55-50-23-13-15-43-16-14-24-51(64(43)50)56(55)40-59(57)58)42-31-35-45(36-32-42)66-68-61-26-10-12-28-63(61)70(66)47-19-5-2-6-20-47/h1-40,60-63H. The largest absolute Gasteiger partial charge is 0.317 e. The minimum atomic E-state index is 0.0717. The molecule has 0 fully saturated rings. The average molecular weight is 893 g/mol. The Bertz CT molecular complexity index is 4000. The highest BCUT2D eigenvalue weighted by Gasteiger charge is 2.37. The second-order valence-electron chi connectivity index (χ2n) is 19.1. The maximum absolute atomic E-state index is 5.32. The first kappa shape index (κ1) is 39.2. The zero-order valence-corrected chi connectivity index (χ0v) is 38.2. The quantitative estimate of drug-likeness (QED) is 0.156. The summed E-state index contributed by atoms with van der Waals surface area (Å²) >= 11 is 0. The summed E-state index contributed by atoms with van der Waals surface area (Å²) in [5.74, 6) is 2.00. The lowest BCUT2D eigenvalue weighted by Gasteiger charge is -2.29. The molecule has 3 aliphatic carbocycles. The van der Waals surface area contributed by atoms with Crippen LogP contribution in [0.2, 0.25) is 0 Å². The summed E-state index contributed by atoms with van der Waals surface area (Å²) in [6.45, 7) is 0. The molecule has 2 aliphatic heterocycles. The number of fused-ring (bicyclic) bond motifs is 10. The highest BCUT2D eigenvalue weighted by molar-refractivity contribution is 6.27. The molecule has 10 aromatic carbocycles. The third-order valence-electron chi connectivity index (χ3n) is 15.3. The van der Waals surface area contributed by atoms with Crippen LogP contribution in [-0.4, -0.2) is 35.8 Å². The summed E-state index contributed by atoms with van der Waals surface area (Å²) in [7, 11) is 0. The molecule has 10 aromatic rings. The normalized spacial score (nSPS) is 19.3. The van der Waals surface area contributed by atoms with Gasteiger partial charge in [-0.15, -0.1) is 0 Å². The van der Waals surface area contributed by atoms with E-state index in [-0.39, 0.29) is 24.2 Å². The van der Waals surface area contributed by atoms with Crippen molar-refractivity contribution in [2.24, 2.45) is 9.98 Å². The lowest BCUT2D eigenvalue weighted by atomic mass is 9.86. The van der Waals surface area contributed by atoms with Crippen LogP contribution in [0, 0.1) is 0 Å². The molecule has 4 heteroatoms. The van der Waals surface area contributed by atoms with Crippen LogP contribution in [0.4, 0.5) is 11.4 Å². The highest BCUT2D eigenvalue weighted by Crippen LogP contribution is 2.51. The first-order chi connectivity index (χ1) is 34.7. The molecule has 0 spiro atoms. The van der Waals surface area contributed by atoms with Gasteiger partial charge < -0.3 is 9.80 Å². The van der Waals surface area contributed by atoms with E-state index in [1.165, 1.54) is 87.6 Å². The van der Waals surface area contributed by atoms with Crippen LogP contribution in [0.5, 0.6) is 0 Å². The number of aliphatic imine (C=N–C) groups is 2. The van der Waals surface area contributed by atoms with Crippen molar-refractivity contribution < 1.29 is 0 Å². The van der Waals surface area contributed by atoms with Crippen molar-refractivity contribution in [2.45, 2.75) is 24.2 Å². The number of rotatable bonds is 6. The second kappa shape index (κ2) is 15.3. The van der Waals surface area contributed by atoms with E-state index in [9.17, 15) is 0 Å². The molecule has 0 N–H and O–H groups in total. The molecule has 2 heterocycles. The number of hydrogen-bond acceptors (Lipinski definition) is 4. The van der Waals surface area contributed by atoms with Crippen molar-refractivity contribution >= 4 is 66.1 Å². The molecule has 70 heavy (non-hydrogen) atoms. The topological polar surface area (TPSA) is 31.2 Å². The van der Waals surface area contributed by atoms with E-state index in [0.717, 1.165) is 34.2 Å². The van der Waals surface area contributed by atoms with Crippen LogP contribution in [-0.2, 0) is 0 Å². The Morgan fingerprint density at radius 3 is 1.26 bits per heavy atom. The van der Waals surface area contributed by atoms with Crippen molar-refractivity contribution in [1.29, 1.82) is 0 Å². The number of nitrogens with zero attached hydrogens (tertiary/aromatic N) is 4. The van der Waals surface area contributed by atoms with Gasteiger partial charge in [0.25, 0.3) is 0 Å². The van der Waals surface area contributed by atoms with Crippen molar-refractivity contribution in [3.8, 4) is 44.5 Å². The smallest absolute Gasteiger partial charge is 0.136 e.